The molecule has 0 aliphatic carbocycles. The number of rotatable bonds is 8. The molecule has 2 saturated heterocycles. The maximum absolute atomic E-state index is 13.9. The predicted molar refractivity (Wildman–Crippen MR) is 154 cm³/mol. The molecule has 0 radical (unpaired) electrons. The van der Waals surface area contributed by atoms with Crippen molar-refractivity contribution in [2.24, 2.45) is 5.92 Å². The van der Waals surface area contributed by atoms with Crippen molar-refractivity contribution in [1.82, 2.24) is 30.5 Å². The van der Waals surface area contributed by atoms with E-state index in [1.165, 1.54) is 0 Å². The molecule has 4 aromatic rings. The summed E-state index contributed by atoms with van der Waals surface area (Å²) >= 11 is 0. The minimum absolute atomic E-state index is 0.0598. The fourth-order valence-electron chi connectivity index (χ4n) is 6.20. The number of hydrogen-bond acceptors (Lipinski definition) is 6. The number of carbonyl (C=O) groups is 2. The molecule has 2 amide bonds. The molecular weight excluding hydrogens is 520 g/mol. The van der Waals surface area contributed by atoms with Crippen molar-refractivity contribution in [3.05, 3.63) is 94.3 Å². The molecule has 0 unspecified atom stereocenters. The van der Waals surface area contributed by atoms with Crippen LogP contribution in [0.3, 0.4) is 0 Å². The summed E-state index contributed by atoms with van der Waals surface area (Å²) in [6.45, 7) is 1.37. The summed E-state index contributed by atoms with van der Waals surface area (Å²) in [5.41, 5.74) is 3.52. The zero-order chi connectivity index (χ0) is 28.3. The Balaban J connectivity index is 1.17. The molecule has 10 heteroatoms. The Bertz CT molecular complexity index is 1560. The third-order valence-corrected chi connectivity index (χ3v) is 8.30. The number of pyridine rings is 2. The Kier molecular flexibility index (Phi) is 7.56. The number of likely N-dealkylation sites (tertiary alicyclic amines) is 1. The normalized spacial score (nSPS) is 22.2. The molecule has 4 N–H and O–H groups in total. The van der Waals surface area contributed by atoms with Gasteiger partial charge in [0.2, 0.25) is 11.8 Å². The summed E-state index contributed by atoms with van der Waals surface area (Å²) in [5.74, 6) is 0.614. The number of aromatic amines is 2. The van der Waals surface area contributed by atoms with Crippen LogP contribution in [0.1, 0.15) is 35.6 Å². The maximum Gasteiger partial charge on any atom is 0.251 e. The van der Waals surface area contributed by atoms with Gasteiger partial charge in [-0.05, 0) is 61.1 Å². The van der Waals surface area contributed by atoms with Crippen molar-refractivity contribution in [2.45, 2.75) is 43.8 Å². The van der Waals surface area contributed by atoms with Crippen molar-refractivity contribution >= 4 is 22.7 Å². The molecular formula is C31H34N6O4. The molecule has 3 aromatic heterocycles. The number of amides is 2. The van der Waals surface area contributed by atoms with E-state index in [1.54, 1.807) is 36.7 Å². The second-order valence-electron chi connectivity index (χ2n) is 11.0. The van der Waals surface area contributed by atoms with E-state index in [1.807, 2.05) is 42.5 Å². The molecule has 2 aliphatic rings. The highest BCUT2D eigenvalue weighted by Crippen LogP contribution is 2.31. The van der Waals surface area contributed by atoms with Crippen LogP contribution in [0.15, 0.2) is 71.9 Å². The standard InChI is InChI=1S/C31H34N6O4/c1-41-24-6-4-19(5-7-24)11-20-12-28(30(39)35-17-23-13-22-15-32-10-8-26(22)36-23)37(18-20)31(40)27-14-21(16-34-27)25-3-2-9-33-29(25)38/h2-10,13,15,20-21,27-28,34,36H,11-12,14,16-18H2,1H3,(H,33,38)(H,35,39)/t20-,21-,27-,28+/m1/s1. The Morgan fingerprint density at radius 3 is 2.78 bits per heavy atom. The zero-order valence-corrected chi connectivity index (χ0v) is 22.9. The Morgan fingerprint density at radius 1 is 1.15 bits per heavy atom. The van der Waals surface area contributed by atoms with Crippen LogP contribution in [0.25, 0.3) is 10.9 Å². The van der Waals surface area contributed by atoms with Crippen molar-refractivity contribution in [2.75, 3.05) is 20.2 Å². The van der Waals surface area contributed by atoms with Gasteiger partial charge in [-0.3, -0.25) is 19.4 Å². The number of H-pyrrole nitrogens is 2. The number of fused-ring (bicyclic) bond motifs is 1. The number of benzene rings is 1. The largest absolute Gasteiger partial charge is 0.497 e. The first-order chi connectivity index (χ1) is 20.0. The first-order valence-corrected chi connectivity index (χ1v) is 14.0. The first kappa shape index (κ1) is 26.8. The van der Waals surface area contributed by atoms with Crippen LogP contribution in [-0.4, -0.2) is 63.9 Å². The lowest BCUT2D eigenvalue weighted by Gasteiger charge is -2.27. The van der Waals surface area contributed by atoms with Crippen molar-refractivity contribution in [1.29, 1.82) is 0 Å². The van der Waals surface area contributed by atoms with Gasteiger partial charge in [-0.1, -0.05) is 18.2 Å². The van der Waals surface area contributed by atoms with E-state index in [4.69, 9.17) is 4.74 Å². The predicted octanol–water partition coefficient (Wildman–Crippen LogP) is 2.48. The third-order valence-electron chi connectivity index (χ3n) is 8.30. The van der Waals surface area contributed by atoms with Gasteiger partial charge < -0.3 is 30.2 Å². The minimum Gasteiger partial charge on any atom is -0.497 e. The van der Waals surface area contributed by atoms with Gasteiger partial charge in [-0.15, -0.1) is 0 Å². The lowest BCUT2D eigenvalue weighted by molar-refractivity contribution is -0.139. The molecule has 0 bridgehead atoms. The number of aromatic nitrogens is 3. The highest BCUT2D eigenvalue weighted by atomic mass is 16.5. The molecule has 6 rings (SSSR count). The minimum atomic E-state index is -0.572. The average molecular weight is 555 g/mol. The van der Waals surface area contributed by atoms with Crippen LogP contribution in [-0.2, 0) is 22.6 Å². The van der Waals surface area contributed by atoms with E-state index in [2.05, 4.69) is 25.6 Å². The third kappa shape index (κ3) is 5.74. The van der Waals surface area contributed by atoms with Gasteiger partial charge >= 0.3 is 0 Å². The summed E-state index contributed by atoms with van der Waals surface area (Å²) in [4.78, 5) is 51.7. The number of nitrogens with zero attached hydrogens (tertiary/aromatic N) is 2. The number of nitrogens with one attached hydrogen (secondary N) is 4. The molecule has 2 fully saturated rings. The van der Waals surface area contributed by atoms with E-state index in [0.29, 0.717) is 38.0 Å². The van der Waals surface area contributed by atoms with Gasteiger partial charge in [-0.25, -0.2) is 0 Å². The zero-order valence-electron chi connectivity index (χ0n) is 22.9. The molecule has 2 aliphatic heterocycles. The van der Waals surface area contributed by atoms with E-state index >= 15 is 0 Å². The Labute approximate surface area is 237 Å². The van der Waals surface area contributed by atoms with Crippen LogP contribution < -0.4 is 20.9 Å². The van der Waals surface area contributed by atoms with Crippen LogP contribution in [0.5, 0.6) is 5.75 Å². The van der Waals surface area contributed by atoms with Gasteiger partial charge in [0, 0.05) is 59.8 Å². The van der Waals surface area contributed by atoms with Crippen LogP contribution in [0, 0.1) is 5.92 Å². The lowest BCUT2D eigenvalue weighted by atomic mass is 9.96. The second kappa shape index (κ2) is 11.6. The van der Waals surface area contributed by atoms with E-state index < -0.39 is 12.1 Å². The number of hydrogen-bond donors (Lipinski definition) is 4. The average Bonchev–Trinajstić information content (AvgIpc) is 3.75. The quantitative estimate of drug-likeness (QED) is 0.265. The lowest BCUT2D eigenvalue weighted by Crippen LogP contribution is -2.51. The summed E-state index contributed by atoms with van der Waals surface area (Å²) in [7, 11) is 1.64. The first-order valence-electron chi connectivity index (χ1n) is 14.0. The van der Waals surface area contributed by atoms with Crippen molar-refractivity contribution < 1.29 is 14.3 Å². The number of carbonyl (C=O) groups excluding carboxylic acids is 2. The number of methoxy groups -OCH3 is 1. The summed E-state index contributed by atoms with van der Waals surface area (Å²) < 4.78 is 5.28. The van der Waals surface area contributed by atoms with Crippen molar-refractivity contribution in [3.8, 4) is 5.75 Å². The van der Waals surface area contributed by atoms with Gasteiger partial charge in [0.05, 0.1) is 19.7 Å². The van der Waals surface area contributed by atoms with E-state index in [9.17, 15) is 14.4 Å². The molecule has 41 heavy (non-hydrogen) atoms. The highest BCUT2D eigenvalue weighted by molar-refractivity contribution is 5.91. The monoisotopic (exact) mass is 554 g/mol. The molecule has 0 saturated carbocycles. The molecule has 4 atom stereocenters. The van der Waals surface area contributed by atoms with Gasteiger partial charge in [0.15, 0.2) is 0 Å². The Morgan fingerprint density at radius 2 is 2.00 bits per heavy atom. The van der Waals surface area contributed by atoms with E-state index in [0.717, 1.165) is 34.3 Å². The van der Waals surface area contributed by atoms with Crippen LogP contribution in [0.4, 0.5) is 0 Å². The fraction of sp³-hybridized carbons (Fsp3) is 0.355. The maximum atomic E-state index is 13.9. The molecule has 5 heterocycles. The van der Waals surface area contributed by atoms with Crippen molar-refractivity contribution in [3.63, 3.8) is 0 Å². The summed E-state index contributed by atoms with van der Waals surface area (Å²) in [5, 5.41) is 7.35. The SMILES string of the molecule is COc1ccc(C[C@@H]2C[C@@H](C(=O)NCc3cc4cnccc4[nH]3)N(C(=O)[C@H]3C[C@@H](c4ccc[nH]c4=O)CN3)C2)cc1. The molecule has 0 spiro atoms. The highest BCUT2D eigenvalue weighted by Gasteiger charge is 2.43. The molecule has 212 valence electrons. The molecule has 10 nitrogen and oxygen atoms in total. The van der Waals surface area contributed by atoms with Gasteiger partial charge in [0.25, 0.3) is 5.56 Å². The van der Waals surface area contributed by atoms with Crippen LogP contribution in [0.2, 0.25) is 0 Å². The number of ether oxygens (including phenoxy) is 1. The van der Waals surface area contributed by atoms with E-state index in [-0.39, 0.29) is 29.2 Å². The fourth-order valence-corrected chi connectivity index (χ4v) is 6.20. The summed E-state index contributed by atoms with van der Waals surface area (Å²) in [6, 6.07) is 14.4. The second-order valence-corrected chi connectivity index (χ2v) is 11.0. The van der Waals surface area contributed by atoms with Gasteiger partial charge in [0.1, 0.15) is 11.8 Å². The van der Waals surface area contributed by atoms with Gasteiger partial charge in [-0.2, -0.15) is 0 Å². The van der Waals surface area contributed by atoms with Crippen LogP contribution >= 0.6 is 0 Å². The molecule has 1 aromatic carbocycles. The smallest absolute Gasteiger partial charge is 0.251 e. The Hall–Kier alpha value is -4.44. The summed E-state index contributed by atoms with van der Waals surface area (Å²) in [6.07, 6.45) is 6.97. The topological polar surface area (TPSA) is 132 Å².